The predicted molar refractivity (Wildman–Crippen MR) is 98.4 cm³/mol. The normalized spacial score (nSPS) is 12.1. The number of halogens is 1. The predicted octanol–water partition coefficient (Wildman–Crippen LogP) is 1.99. The van der Waals surface area contributed by atoms with Gasteiger partial charge in [0, 0.05) is 31.3 Å². The van der Waals surface area contributed by atoms with Gasteiger partial charge in [-0.1, -0.05) is 6.07 Å². The summed E-state index contributed by atoms with van der Waals surface area (Å²) < 4.78 is 59.4. The maximum atomic E-state index is 13.2. The summed E-state index contributed by atoms with van der Waals surface area (Å²) in [7, 11) is -6.55. The average Bonchev–Trinajstić information content (AvgIpc) is 2.53. The second-order valence-electron chi connectivity index (χ2n) is 6.10. The highest BCUT2D eigenvalue weighted by molar-refractivity contribution is 7.91. The fourth-order valence-corrected chi connectivity index (χ4v) is 3.54. The number of nitrogens with zero attached hydrogens (tertiary/aromatic N) is 1. The molecule has 9 heteroatoms. The van der Waals surface area contributed by atoms with Gasteiger partial charge in [-0.05, 0) is 42.0 Å². The van der Waals surface area contributed by atoms with Crippen molar-refractivity contribution < 1.29 is 26.3 Å². The van der Waals surface area contributed by atoms with Gasteiger partial charge in [-0.15, -0.1) is 0 Å². The van der Waals surface area contributed by atoms with Crippen LogP contribution in [0, 0.1) is 5.82 Å². The lowest BCUT2D eigenvalue weighted by Crippen LogP contribution is -2.28. The second-order valence-corrected chi connectivity index (χ2v) is 10.4. The van der Waals surface area contributed by atoms with Crippen LogP contribution in [0.5, 0.6) is 5.75 Å². The Balaban J connectivity index is 2.32. The van der Waals surface area contributed by atoms with Crippen molar-refractivity contribution in [1.29, 1.82) is 0 Å². The van der Waals surface area contributed by atoms with Crippen molar-refractivity contribution in [3.63, 3.8) is 0 Å². The molecule has 0 aliphatic heterocycles. The number of phenols is 1. The fraction of sp³-hybridized carbons (Fsp3) is 0.294. The van der Waals surface area contributed by atoms with Gasteiger partial charge in [-0.3, -0.25) is 0 Å². The highest BCUT2D eigenvalue weighted by Gasteiger charge is 2.14. The van der Waals surface area contributed by atoms with E-state index < -0.39 is 31.2 Å². The molecule has 0 bridgehead atoms. The monoisotopic (exact) mass is 401 g/mol. The second kappa shape index (κ2) is 7.63. The van der Waals surface area contributed by atoms with Gasteiger partial charge in [0.2, 0.25) is 0 Å². The summed E-state index contributed by atoms with van der Waals surface area (Å²) in [6, 6.07) is 9.96. The number of hydrogen-bond acceptors (Lipinski definition) is 6. The Kier molecular flexibility index (Phi) is 5.92. The molecule has 0 aromatic heterocycles. The first-order valence-electron chi connectivity index (χ1n) is 7.66. The molecule has 0 saturated heterocycles. The van der Waals surface area contributed by atoms with E-state index in [1.54, 1.807) is 17.0 Å². The summed E-state index contributed by atoms with van der Waals surface area (Å²) in [5.41, 5.74) is 1.20. The van der Waals surface area contributed by atoms with E-state index in [0.29, 0.717) is 11.3 Å². The van der Waals surface area contributed by atoms with Crippen LogP contribution in [0.4, 0.5) is 10.1 Å². The average molecular weight is 401 g/mol. The van der Waals surface area contributed by atoms with Crippen molar-refractivity contribution in [1.82, 2.24) is 0 Å². The van der Waals surface area contributed by atoms with Crippen LogP contribution in [-0.4, -0.2) is 46.8 Å². The number of rotatable bonds is 7. The van der Waals surface area contributed by atoms with Gasteiger partial charge in [0.1, 0.15) is 9.84 Å². The van der Waals surface area contributed by atoms with E-state index >= 15 is 0 Å². The first-order chi connectivity index (χ1) is 12.0. The lowest BCUT2D eigenvalue weighted by atomic mass is 10.1. The summed E-state index contributed by atoms with van der Waals surface area (Å²) in [5.74, 6) is -1.33. The molecule has 26 heavy (non-hydrogen) atoms. The summed E-state index contributed by atoms with van der Waals surface area (Å²) in [6.07, 6.45) is 2.23. The van der Waals surface area contributed by atoms with Crippen LogP contribution >= 0.6 is 0 Å². The molecular weight excluding hydrogens is 381 g/mol. The Labute approximate surface area is 152 Å². The molecule has 2 rings (SSSR count). The molecule has 0 heterocycles. The van der Waals surface area contributed by atoms with E-state index in [2.05, 4.69) is 0 Å². The van der Waals surface area contributed by atoms with E-state index in [-0.39, 0.29) is 23.7 Å². The highest BCUT2D eigenvalue weighted by Crippen LogP contribution is 2.23. The quantitative estimate of drug-likeness (QED) is 0.763. The minimum atomic E-state index is -3.34. The zero-order valence-corrected chi connectivity index (χ0v) is 16.0. The molecule has 2 aromatic carbocycles. The Morgan fingerprint density at radius 1 is 1.00 bits per heavy atom. The van der Waals surface area contributed by atoms with E-state index in [9.17, 15) is 26.3 Å². The molecule has 0 spiro atoms. The third kappa shape index (κ3) is 5.70. The Bertz CT molecular complexity index is 986. The van der Waals surface area contributed by atoms with Crippen LogP contribution in [0.15, 0.2) is 47.4 Å². The van der Waals surface area contributed by atoms with Crippen molar-refractivity contribution in [3.8, 4) is 5.75 Å². The van der Waals surface area contributed by atoms with E-state index in [1.807, 2.05) is 0 Å². The van der Waals surface area contributed by atoms with Gasteiger partial charge in [0.05, 0.1) is 10.6 Å². The van der Waals surface area contributed by atoms with Gasteiger partial charge in [0.15, 0.2) is 21.4 Å². The van der Waals surface area contributed by atoms with Crippen LogP contribution < -0.4 is 4.90 Å². The number of aromatic hydroxyl groups is 1. The smallest absolute Gasteiger partial charge is 0.175 e. The summed E-state index contributed by atoms with van der Waals surface area (Å²) in [5, 5.41) is 9.51. The number of benzene rings is 2. The van der Waals surface area contributed by atoms with Crippen molar-refractivity contribution in [2.75, 3.05) is 29.7 Å². The van der Waals surface area contributed by atoms with Crippen molar-refractivity contribution >= 4 is 25.4 Å². The minimum absolute atomic E-state index is 0.103. The Morgan fingerprint density at radius 2 is 1.62 bits per heavy atom. The number of phenolic OH excluding ortho intramolecular Hbond substituents is 1. The van der Waals surface area contributed by atoms with Gasteiger partial charge < -0.3 is 10.0 Å². The summed E-state index contributed by atoms with van der Waals surface area (Å²) >= 11 is 0. The molecule has 0 saturated carbocycles. The third-order valence-corrected chi connectivity index (χ3v) is 5.80. The van der Waals surface area contributed by atoms with Gasteiger partial charge in [-0.2, -0.15) is 0 Å². The fourth-order valence-electron chi connectivity index (χ4n) is 2.36. The van der Waals surface area contributed by atoms with Crippen molar-refractivity contribution in [2.45, 2.75) is 11.4 Å². The lowest BCUT2D eigenvalue weighted by molar-refractivity contribution is 0.431. The van der Waals surface area contributed by atoms with E-state index in [0.717, 1.165) is 18.6 Å². The van der Waals surface area contributed by atoms with Crippen LogP contribution in [-0.2, 0) is 26.2 Å². The number of sulfone groups is 2. The van der Waals surface area contributed by atoms with Crippen LogP contribution in [0.3, 0.4) is 0 Å². The Hall–Kier alpha value is -2.13. The highest BCUT2D eigenvalue weighted by atomic mass is 32.2. The molecule has 0 amide bonds. The van der Waals surface area contributed by atoms with Gasteiger partial charge in [-0.25, -0.2) is 21.2 Å². The molecule has 0 fully saturated rings. The SMILES string of the molecule is CS(=O)(=O)CCN(Cc1ccc(F)c(O)c1)c1ccc(S(C)(=O)=O)cc1. The zero-order chi connectivity index (χ0) is 19.5. The first-order valence-corrected chi connectivity index (χ1v) is 11.6. The van der Waals surface area contributed by atoms with Crippen molar-refractivity contribution in [3.05, 3.63) is 53.8 Å². The first kappa shape index (κ1) is 20.2. The molecule has 0 radical (unpaired) electrons. The van der Waals surface area contributed by atoms with Crippen molar-refractivity contribution in [2.24, 2.45) is 0 Å². The molecule has 1 N–H and O–H groups in total. The van der Waals surface area contributed by atoms with Crippen LogP contribution in [0.2, 0.25) is 0 Å². The third-order valence-electron chi connectivity index (χ3n) is 3.75. The minimum Gasteiger partial charge on any atom is -0.505 e. The molecule has 6 nitrogen and oxygen atoms in total. The molecule has 142 valence electrons. The van der Waals surface area contributed by atoms with Gasteiger partial charge in [0.25, 0.3) is 0 Å². The lowest BCUT2D eigenvalue weighted by Gasteiger charge is -2.25. The summed E-state index contributed by atoms with van der Waals surface area (Å²) in [6.45, 7) is 0.386. The molecule has 0 aliphatic rings. The molecule has 0 unspecified atom stereocenters. The summed E-state index contributed by atoms with van der Waals surface area (Å²) in [4.78, 5) is 1.88. The number of anilines is 1. The maximum absolute atomic E-state index is 13.2. The standard InChI is InChI=1S/C17H20FNO5S2/c1-25(21,22)10-9-19(12-13-3-8-16(18)17(20)11-13)14-4-6-15(7-5-14)26(2,23)24/h3-8,11,20H,9-10,12H2,1-2H3. The van der Waals surface area contributed by atoms with Crippen LogP contribution in [0.25, 0.3) is 0 Å². The molecular formula is C17H20FNO5S2. The Morgan fingerprint density at radius 3 is 2.12 bits per heavy atom. The van der Waals surface area contributed by atoms with Crippen LogP contribution in [0.1, 0.15) is 5.56 Å². The maximum Gasteiger partial charge on any atom is 0.175 e. The largest absolute Gasteiger partial charge is 0.505 e. The van der Waals surface area contributed by atoms with E-state index in [1.165, 1.54) is 24.3 Å². The molecule has 0 aliphatic carbocycles. The topological polar surface area (TPSA) is 91.8 Å². The number of hydrogen-bond donors (Lipinski definition) is 1. The zero-order valence-electron chi connectivity index (χ0n) is 14.4. The molecule has 2 aromatic rings. The van der Waals surface area contributed by atoms with E-state index in [4.69, 9.17) is 0 Å². The van der Waals surface area contributed by atoms with Gasteiger partial charge >= 0.3 is 0 Å². The molecule has 0 atom stereocenters.